The minimum atomic E-state index is -0.537. The van der Waals surface area contributed by atoms with Crippen LogP contribution in [-0.2, 0) is 9.53 Å². The van der Waals surface area contributed by atoms with Crippen molar-refractivity contribution in [3.63, 3.8) is 0 Å². The smallest absolute Gasteiger partial charge is 0.296 e. The molecule has 0 spiro atoms. The monoisotopic (exact) mass is 310 g/mol. The Labute approximate surface area is 128 Å². The molecule has 1 aromatic rings. The minimum absolute atomic E-state index is 0.176. The van der Waals surface area contributed by atoms with E-state index in [0.29, 0.717) is 19.0 Å². The van der Waals surface area contributed by atoms with Crippen molar-refractivity contribution in [3.05, 3.63) is 28.3 Å². The number of rotatable bonds is 5. The number of nitrogens with one attached hydrogen (secondary N) is 2. The number of benzene rings is 1. The molecule has 1 aliphatic heterocycles. The molecule has 0 unspecified atom stereocenters. The molecule has 0 radical (unpaired) electrons. The van der Waals surface area contributed by atoms with E-state index in [0.717, 1.165) is 18.0 Å². The van der Waals surface area contributed by atoms with Gasteiger partial charge in [0.1, 0.15) is 24.5 Å². The largest absolute Gasteiger partial charge is 0.496 e. The van der Waals surface area contributed by atoms with Crippen LogP contribution in [0, 0.1) is 10.1 Å². The molecule has 120 valence electrons. The van der Waals surface area contributed by atoms with Crippen molar-refractivity contribution < 1.29 is 24.1 Å². The summed E-state index contributed by atoms with van der Waals surface area (Å²) in [7, 11) is 1.43. The number of anilines is 1. The lowest BCUT2D eigenvalue weighted by molar-refractivity contribution is -0.921. The molecular weight excluding hydrogens is 290 g/mol. The molecule has 1 amide bonds. The molecule has 8 heteroatoms. The molecule has 22 heavy (non-hydrogen) atoms. The fourth-order valence-corrected chi connectivity index (χ4v) is 2.39. The van der Waals surface area contributed by atoms with E-state index in [2.05, 4.69) is 5.32 Å². The number of methoxy groups -OCH3 is 1. The third-order valence-corrected chi connectivity index (χ3v) is 3.80. The number of carbonyl (C=O) groups is 1. The van der Waals surface area contributed by atoms with Gasteiger partial charge in [0, 0.05) is 0 Å². The molecule has 1 aliphatic rings. The fourth-order valence-electron chi connectivity index (χ4n) is 2.39. The Morgan fingerprint density at radius 2 is 2.14 bits per heavy atom. The Hall–Kier alpha value is -2.19. The second kappa shape index (κ2) is 7.19. The molecular formula is C14H20N3O5+. The number of quaternary nitrogens is 1. The van der Waals surface area contributed by atoms with E-state index in [1.807, 2.05) is 6.92 Å². The molecule has 0 saturated carbocycles. The topological polar surface area (TPSA) is 95.1 Å². The summed E-state index contributed by atoms with van der Waals surface area (Å²) in [6.45, 7) is 4.55. The van der Waals surface area contributed by atoms with Crippen LogP contribution >= 0.6 is 0 Å². The van der Waals surface area contributed by atoms with Crippen molar-refractivity contribution >= 4 is 17.3 Å². The molecule has 1 saturated heterocycles. The lowest BCUT2D eigenvalue weighted by atomic mass is 10.2. The fraction of sp³-hybridized carbons (Fsp3) is 0.500. The van der Waals surface area contributed by atoms with E-state index in [4.69, 9.17) is 9.47 Å². The molecule has 0 aromatic heterocycles. The van der Waals surface area contributed by atoms with Crippen molar-refractivity contribution in [2.24, 2.45) is 0 Å². The third kappa shape index (κ3) is 3.71. The predicted molar refractivity (Wildman–Crippen MR) is 79.3 cm³/mol. The molecule has 2 rings (SSSR count). The molecule has 1 fully saturated rings. The van der Waals surface area contributed by atoms with Crippen LogP contribution in [0.25, 0.3) is 0 Å². The van der Waals surface area contributed by atoms with Gasteiger partial charge in [-0.2, -0.15) is 0 Å². The molecule has 0 bridgehead atoms. The van der Waals surface area contributed by atoms with Gasteiger partial charge < -0.3 is 19.7 Å². The first-order chi connectivity index (χ1) is 10.5. The Kier molecular flexibility index (Phi) is 5.29. The van der Waals surface area contributed by atoms with Crippen LogP contribution in [0.3, 0.4) is 0 Å². The highest BCUT2D eigenvalue weighted by atomic mass is 16.6. The van der Waals surface area contributed by atoms with Crippen LogP contribution in [0.1, 0.15) is 6.92 Å². The van der Waals surface area contributed by atoms with E-state index in [-0.39, 0.29) is 23.3 Å². The molecule has 8 nitrogen and oxygen atoms in total. The normalized spacial score (nSPS) is 16.8. The highest BCUT2D eigenvalue weighted by Gasteiger charge is 2.28. The van der Waals surface area contributed by atoms with Crippen LogP contribution in [0.5, 0.6) is 5.75 Å². The van der Waals surface area contributed by atoms with Crippen molar-refractivity contribution in [2.45, 2.75) is 13.0 Å². The van der Waals surface area contributed by atoms with Crippen molar-refractivity contribution in [2.75, 3.05) is 38.7 Å². The first-order valence-corrected chi connectivity index (χ1v) is 7.08. The van der Waals surface area contributed by atoms with Gasteiger partial charge >= 0.3 is 0 Å². The zero-order valence-electron chi connectivity index (χ0n) is 12.6. The average molecular weight is 310 g/mol. The van der Waals surface area contributed by atoms with E-state index in [1.54, 1.807) is 6.07 Å². The molecule has 0 aliphatic carbocycles. The first kappa shape index (κ1) is 16.2. The summed E-state index contributed by atoms with van der Waals surface area (Å²) < 4.78 is 10.2. The van der Waals surface area contributed by atoms with Crippen molar-refractivity contribution in [3.8, 4) is 5.75 Å². The molecule has 1 heterocycles. The number of amides is 1. The van der Waals surface area contributed by atoms with E-state index in [1.165, 1.54) is 19.2 Å². The van der Waals surface area contributed by atoms with Gasteiger partial charge in [-0.1, -0.05) is 0 Å². The van der Waals surface area contributed by atoms with Gasteiger partial charge in [0.2, 0.25) is 0 Å². The highest BCUT2D eigenvalue weighted by Crippen LogP contribution is 2.28. The summed E-state index contributed by atoms with van der Waals surface area (Å²) >= 11 is 0. The van der Waals surface area contributed by atoms with E-state index in [9.17, 15) is 14.9 Å². The number of morpholine rings is 1. The zero-order valence-corrected chi connectivity index (χ0v) is 12.6. The van der Waals surface area contributed by atoms with E-state index >= 15 is 0 Å². The van der Waals surface area contributed by atoms with Gasteiger partial charge in [0.05, 0.1) is 31.3 Å². The summed E-state index contributed by atoms with van der Waals surface area (Å²) in [4.78, 5) is 24.0. The van der Waals surface area contributed by atoms with Crippen LogP contribution in [0.15, 0.2) is 18.2 Å². The summed E-state index contributed by atoms with van der Waals surface area (Å²) in [6.07, 6.45) is 0. The summed E-state index contributed by atoms with van der Waals surface area (Å²) in [5, 5.41) is 13.8. The number of nitro groups is 1. The Morgan fingerprint density at radius 3 is 2.73 bits per heavy atom. The summed E-state index contributed by atoms with van der Waals surface area (Å²) in [5.41, 5.74) is -0.00723. The number of hydrogen-bond acceptors (Lipinski definition) is 5. The van der Waals surface area contributed by atoms with Gasteiger partial charge in [-0.25, -0.2) is 0 Å². The number of carbonyl (C=O) groups excluding carboxylic acids is 1. The van der Waals surface area contributed by atoms with Crippen molar-refractivity contribution in [1.82, 2.24) is 0 Å². The summed E-state index contributed by atoms with van der Waals surface area (Å²) in [6, 6.07) is 4.05. The molecule has 1 atom stereocenters. The van der Waals surface area contributed by atoms with Gasteiger partial charge in [-0.05, 0) is 19.1 Å². The lowest BCUT2D eigenvalue weighted by Crippen LogP contribution is -3.18. The first-order valence-electron chi connectivity index (χ1n) is 7.08. The standard InChI is InChI=1S/C14H19N3O5/c1-10(16-5-7-22-8-6-16)14(18)15-12-4-3-11(21-2)9-13(12)17(19)20/h3-4,9-10H,5-8H2,1-2H3,(H,15,18)/p+1/t10-/m1/s1. The number of hydrogen-bond donors (Lipinski definition) is 2. The number of nitro benzene ring substituents is 1. The maximum absolute atomic E-state index is 12.3. The zero-order chi connectivity index (χ0) is 16.1. The second-order valence-corrected chi connectivity index (χ2v) is 5.12. The Balaban J connectivity index is 2.11. The van der Waals surface area contributed by atoms with Crippen LogP contribution < -0.4 is 15.0 Å². The van der Waals surface area contributed by atoms with Crippen LogP contribution in [-0.4, -0.2) is 50.3 Å². The lowest BCUT2D eigenvalue weighted by Gasteiger charge is -2.28. The highest BCUT2D eigenvalue weighted by molar-refractivity contribution is 5.95. The Morgan fingerprint density at radius 1 is 1.45 bits per heavy atom. The maximum Gasteiger partial charge on any atom is 0.296 e. The van der Waals surface area contributed by atoms with Crippen LogP contribution in [0.2, 0.25) is 0 Å². The summed E-state index contributed by atoms with van der Waals surface area (Å²) in [5.74, 6) is 0.127. The average Bonchev–Trinajstić information content (AvgIpc) is 2.55. The van der Waals surface area contributed by atoms with Gasteiger partial charge in [-0.3, -0.25) is 14.9 Å². The van der Waals surface area contributed by atoms with Crippen molar-refractivity contribution in [1.29, 1.82) is 0 Å². The second-order valence-electron chi connectivity index (χ2n) is 5.12. The SMILES string of the molecule is COc1ccc(NC(=O)[C@@H](C)[NH+]2CCOCC2)c([N+](=O)[O-])c1. The van der Waals surface area contributed by atoms with Gasteiger partial charge in [0.25, 0.3) is 11.6 Å². The maximum atomic E-state index is 12.3. The molecule has 2 N–H and O–H groups in total. The Bertz CT molecular complexity index is 557. The predicted octanol–water partition coefficient (Wildman–Crippen LogP) is -0.154. The van der Waals surface area contributed by atoms with E-state index < -0.39 is 4.92 Å². The number of nitrogens with zero attached hydrogens (tertiary/aromatic N) is 1. The quantitative estimate of drug-likeness (QED) is 0.582. The van der Waals surface area contributed by atoms with Gasteiger partial charge in [0.15, 0.2) is 6.04 Å². The number of ether oxygens (including phenoxy) is 2. The van der Waals surface area contributed by atoms with Gasteiger partial charge in [-0.15, -0.1) is 0 Å². The molecule has 1 aromatic carbocycles. The third-order valence-electron chi connectivity index (χ3n) is 3.80. The minimum Gasteiger partial charge on any atom is -0.496 e. The van der Waals surface area contributed by atoms with Crippen LogP contribution in [0.4, 0.5) is 11.4 Å².